The van der Waals surface area contributed by atoms with Gasteiger partial charge in [0.05, 0.1) is 0 Å². The summed E-state index contributed by atoms with van der Waals surface area (Å²) in [6.45, 7) is 1.02. The highest BCUT2D eigenvalue weighted by Crippen LogP contribution is 2.08. The fourth-order valence-corrected chi connectivity index (χ4v) is 1.96. The number of nitrogens with one attached hydrogen (secondary N) is 1. The highest BCUT2D eigenvalue weighted by Gasteiger charge is 1.93. The first-order valence-electron chi connectivity index (χ1n) is 4.42. The molecule has 74 valence electrons. The quantitative estimate of drug-likeness (QED) is 0.712. The number of rotatable bonds is 7. The van der Waals surface area contributed by atoms with E-state index in [1.54, 1.807) is 16.8 Å². The molecule has 1 aromatic rings. The number of thioether (sulfide) groups is 1. The van der Waals surface area contributed by atoms with E-state index in [-0.39, 0.29) is 0 Å². The van der Waals surface area contributed by atoms with Crippen molar-refractivity contribution in [3.63, 3.8) is 0 Å². The molecule has 0 atom stereocenters. The zero-order valence-electron chi connectivity index (χ0n) is 7.82. The average Bonchev–Trinajstić information content (AvgIpc) is 2.63. The van der Waals surface area contributed by atoms with Gasteiger partial charge in [0.2, 0.25) is 5.13 Å². The molecule has 0 aliphatic rings. The molecule has 0 aromatic carbocycles. The van der Waals surface area contributed by atoms with Crippen LogP contribution in [-0.2, 0) is 0 Å². The summed E-state index contributed by atoms with van der Waals surface area (Å²) in [5, 5.41) is 11.8. The highest BCUT2D eigenvalue weighted by molar-refractivity contribution is 7.98. The van der Waals surface area contributed by atoms with E-state index in [2.05, 4.69) is 21.8 Å². The predicted molar refractivity (Wildman–Crippen MR) is 60.6 cm³/mol. The van der Waals surface area contributed by atoms with Crippen molar-refractivity contribution in [2.45, 2.75) is 19.3 Å². The Bertz CT molecular complexity index is 201. The van der Waals surface area contributed by atoms with Gasteiger partial charge in [-0.25, -0.2) is 0 Å². The lowest BCUT2D eigenvalue weighted by Crippen LogP contribution is -2.01. The number of unbranched alkanes of at least 4 members (excludes halogenated alkanes) is 2. The van der Waals surface area contributed by atoms with Gasteiger partial charge in [0.1, 0.15) is 5.51 Å². The molecule has 1 aromatic heterocycles. The molecule has 0 aliphatic carbocycles. The van der Waals surface area contributed by atoms with Crippen molar-refractivity contribution in [1.82, 2.24) is 10.2 Å². The second kappa shape index (κ2) is 7.15. The third kappa shape index (κ3) is 5.10. The van der Waals surface area contributed by atoms with E-state index in [0.717, 1.165) is 11.7 Å². The number of hydrogen-bond acceptors (Lipinski definition) is 5. The number of nitrogens with zero attached hydrogens (tertiary/aromatic N) is 2. The molecule has 0 amide bonds. The molecule has 0 aliphatic heterocycles. The van der Waals surface area contributed by atoms with Gasteiger partial charge >= 0.3 is 0 Å². The van der Waals surface area contributed by atoms with Crippen LogP contribution in [0.3, 0.4) is 0 Å². The summed E-state index contributed by atoms with van der Waals surface area (Å²) >= 11 is 3.47. The van der Waals surface area contributed by atoms with Crippen LogP contribution in [0, 0.1) is 0 Å². The van der Waals surface area contributed by atoms with Crippen molar-refractivity contribution in [2.24, 2.45) is 0 Å². The zero-order chi connectivity index (χ0) is 9.36. The summed E-state index contributed by atoms with van der Waals surface area (Å²) in [6.07, 6.45) is 5.99. The van der Waals surface area contributed by atoms with Crippen LogP contribution < -0.4 is 5.32 Å². The van der Waals surface area contributed by atoms with E-state index in [1.807, 2.05) is 11.8 Å². The number of aromatic nitrogens is 2. The Hall–Kier alpha value is -0.290. The molecule has 0 saturated heterocycles. The highest BCUT2D eigenvalue weighted by atomic mass is 32.2. The van der Waals surface area contributed by atoms with E-state index in [9.17, 15) is 0 Å². The van der Waals surface area contributed by atoms with Gasteiger partial charge in [-0.15, -0.1) is 10.2 Å². The molecule has 0 fully saturated rings. The van der Waals surface area contributed by atoms with E-state index < -0.39 is 0 Å². The van der Waals surface area contributed by atoms with Crippen molar-refractivity contribution < 1.29 is 0 Å². The van der Waals surface area contributed by atoms with E-state index in [1.165, 1.54) is 25.0 Å². The van der Waals surface area contributed by atoms with Gasteiger partial charge in [-0.1, -0.05) is 17.8 Å². The van der Waals surface area contributed by atoms with Crippen LogP contribution in [0.5, 0.6) is 0 Å². The van der Waals surface area contributed by atoms with Crippen LogP contribution in [0.4, 0.5) is 5.13 Å². The Morgan fingerprint density at radius 2 is 2.38 bits per heavy atom. The van der Waals surface area contributed by atoms with Crippen LogP contribution >= 0.6 is 23.1 Å². The van der Waals surface area contributed by atoms with Gasteiger partial charge in [0, 0.05) is 6.54 Å². The summed E-state index contributed by atoms with van der Waals surface area (Å²) in [5.74, 6) is 1.28. The van der Waals surface area contributed by atoms with E-state index >= 15 is 0 Å². The molecule has 0 spiro atoms. The molecule has 1 rings (SSSR count). The molecule has 0 saturated carbocycles. The standard InChI is InChI=1S/C8H15N3S2/c1-12-6-4-2-3-5-9-8-11-10-7-13-8/h7H,2-6H2,1H3,(H,9,11). The molecule has 0 unspecified atom stereocenters. The van der Waals surface area contributed by atoms with Crippen molar-refractivity contribution in [1.29, 1.82) is 0 Å². The fraction of sp³-hybridized carbons (Fsp3) is 0.750. The van der Waals surface area contributed by atoms with Crippen LogP contribution in [0.1, 0.15) is 19.3 Å². The lowest BCUT2D eigenvalue weighted by Gasteiger charge is -2.00. The van der Waals surface area contributed by atoms with Gasteiger partial charge in [0.25, 0.3) is 0 Å². The molecule has 3 nitrogen and oxygen atoms in total. The summed E-state index contributed by atoms with van der Waals surface area (Å²) in [7, 11) is 0. The molecule has 5 heteroatoms. The Kier molecular flexibility index (Phi) is 5.93. The largest absolute Gasteiger partial charge is 0.360 e. The maximum absolute atomic E-state index is 3.90. The van der Waals surface area contributed by atoms with Crippen molar-refractivity contribution in [3.8, 4) is 0 Å². The Morgan fingerprint density at radius 3 is 3.08 bits per heavy atom. The van der Waals surface area contributed by atoms with E-state index in [4.69, 9.17) is 0 Å². The second-order valence-corrected chi connectivity index (χ2v) is 4.54. The molecular formula is C8H15N3S2. The van der Waals surface area contributed by atoms with Crippen LogP contribution in [0.15, 0.2) is 5.51 Å². The van der Waals surface area contributed by atoms with Gasteiger partial charge in [-0.3, -0.25) is 0 Å². The summed E-state index contributed by atoms with van der Waals surface area (Å²) in [4.78, 5) is 0. The minimum absolute atomic E-state index is 0.935. The first kappa shape index (κ1) is 10.8. The smallest absolute Gasteiger partial charge is 0.205 e. The molecule has 13 heavy (non-hydrogen) atoms. The first-order valence-corrected chi connectivity index (χ1v) is 6.70. The molecule has 0 bridgehead atoms. The van der Waals surface area contributed by atoms with Crippen molar-refractivity contribution >= 4 is 28.2 Å². The molecular weight excluding hydrogens is 202 g/mol. The Morgan fingerprint density at radius 1 is 1.46 bits per heavy atom. The molecule has 1 heterocycles. The van der Waals surface area contributed by atoms with Gasteiger partial charge in [0.15, 0.2) is 0 Å². The van der Waals surface area contributed by atoms with Gasteiger partial charge in [-0.05, 0) is 24.9 Å². The van der Waals surface area contributed by atoms with Gasteiger partial charge in [-0.2, -0.15) is 11.8 Å². The normalized spacial score (nSPS) is 10.2. The van der Waals surface area contributed by atoms with Gasteiger partial charge < -0.3 is 5.32 Å². The third-order valence-electron chi connectivity index (χ3n) is 1.66. The SMILES string of the molecule is CSCCCCCNc1nncs1. The topological polar surface area (TPSA) is 37.8 Å². The summed E-state index contributed by atoms with van der Waals surface area (Å²) < 4.78 is 0. The molecule has 0 radical (unpaired) electrons. The van der Waals surface area contributed by atoms with Crippen molar-refractivity contribution in [3.05, 3.63) is 5.51 Å². The number of hydrogen-bond donors (Lipinski definition) is 1. The predicted octanol–water partition coefficient (Wildman–Crippen LogP) is 2.48. The zero-order valence-corrected chi connectivity index (χ0v) is 9.46. The maximum atomic E-state index is 3.90. The van der Waals surface area contributed by atoms with Crippen LogP contribution in [0.2, 0.25) is 0 Å². The summed E-state index contributed by atoms with van der Waals surface area (Å²) in [5.41, 5.74) is 1.75. The second-order valence-electron chi connectivity index (χ2n) is 2.72. The monoisotopic (exact) mass is 217 g/mol. The minimum atomic E-state index is 0.935. The first-order chi connectivity index (χ1) is 6.43. The summed E-state index contributed by atoms with van der Waals surface area (Å²) in [6, 6.07) is 0. The Labute approximate surface area is 87.3 Å². The lowest BCUT2D eigenvalue weighted by atomic mass is 10.2. The Balaban J connectivity index is 1.90. The average molecular weight is 217 g/mol. The van der Waals surface area contributed by atoms with Crippen molar-refractivity contribution in [2.75, 3.05) is 23.9 Å². The molecule has 1 N–H and O–H groups in total. The number of anilines is 1. The third-order valence-corrected chi connectivity index (χ3v) is 3.01. The van der Waals surface area contributed by atoms with Crippen LogP contribution in [-0.4, -0.2) is 28.8 Å². The van der Waals surface area contributed by atoms with E-state index in [0.29, 0.717) is 0 Å². The van der Waals surface area contributed by atoms with Crippen LogP contribution in [0.25, 0.3) is 0 Å². The maximum Gasteiger partial charge on any atom is 0.205 e. The lowest BCUT2D eigenvalue weighted by molar-refractivity contribution is 0.748. The minimum Gasteiger partial charge on any atom is -0.360 e. The fourth-order valence-electron chi connectivity index (χ4n) is 0.994.